The van der Waals surface area contributed by atoms with E-state index >= 15 is 0 Å². The summed E-state index contributed by atoms with van der Waals surface area (Å²) in [6, 6.07) is 12.8. The number of anilines is 2. The summed E-state index contributed by atoms with van der Waals surface area (Å²) in [7, 11) is 3.70. The Kier molecular flexibility index (Phi) is 6.54. The number of carbonyl (C=O) groups is 1. The van der Waals surface area contributed by atoms with Crippen molar-refractivity contribution >= 4 is 28.3 Å². The van der Waals surface area contributed by atoms with E-state index in [0.29, 0.717) is 5.92 Å². The van der Waals surface area contributed by atoms with Gasteiger partial charge in [-0.05, 0) is 93.3 Å². The average Bonchev–Trinajstić information content (AvgIpc) is 2.77. The molecule has 0 radical (unpaired) electrons. The first kappa shape index (κ1) is 23.0. The summed E-state index contributed by atoms with van der Waals surface area (Å²) in [4.78, 5) is 23.5. The maximum Gasteiger partial charge on any atom is 0.225 e. The van der Waals surface area contributed by atoms with Crippen molar-refractivity contribution < 1.29 is 4.79 Å². The van der Waals surface area contributed by atoms with Crippen LogP contribution >= 0.6 is 0 Å². The molecule has 1 fully saturated rings. The predicted molar refractivity (Wildman–Crippen MR) is 135 cm³/mol. The Hall–Kier alpha value is -3.15. The van der Waals surface area contributed by atoms with Crippen molar-refractivity contribution in [1.29, 1.82) is 0 Å². The highest BCUT2D eigenvalue weighted by Gasteiger charge is 2.28. The highest BCUT2D eigenvalue weighted by atomic mass is 16.2. The van der Waals surface area contributed by atoms with Gasteiger partial charge in [0.1, 0.15) is 11.6 Å². The van der Waals surface area contributed by atoms with E-state index in [-0.39, 0.29) is 17.9 Å². The van der Waals surface area contributed by atoms with Gasteiger partial charge in [-0.1, -0.05) is 12.1 Å². The molecule has 1 amide bonds. The Labute approximate surface area is 196 Å². The van der Waals surface area contributed by atoms with Gasteiger partial charge in [0, 0.05) is 31.1 Å². The van der Waals surface area contributed by atoms with Crippen LogP contribution in [0.15, 0.2) is 36.4 Å². The highest BCUT2D eigenvalue weighted by molar-refractivity contribution is 5.90. The predicted octanol–water partition coefficient (Wildman–Crippen LogP) is 5.36. The summed E-state index contributed by atoms with van der Waals surface area (Å²) in [6.45, 7) is 6.12. The lowest BCUT2D eigenvalue weighted by Crippen LogP contribution is -2.31. The van der Waals surface area contributed by atoms with Crippen molar-refractivity contribution in [2.24, 2.45) is 5.92 Å². The van der Waals surface area contributed by atoms with E-state index in [1.807, 2.05) is 33.2 Å². The number of carbonyl (C=O) groups excluding carboxylic acids is 1. The lowest BCUT2D eigenvalue weighted by molar-refractivity contribution is -0.134. The molecular weight excluding hydrogens is 410 g/mol. The minimum absolute atomic E-state index is 0.0563. The molecule has 0 unspecified atom stereocenters. The molecule has 0 saturated heterocycles. The SMILES string of the molecule is Cc1cc(N)cc([C@@H](C)Nc2nc(C)nc3ccc(C4CCC(C(=O)N(C)C)CC4)cc23)c1. The molecule has 0 aliphatic heterocycles. The van der Waals surface area contributed by atoms with Crippen molar-refractivity contribution in [2.45, 2.75) is 58.4 Å². The molecule has 4 rings (SSSR count). The molecule has 174 valence electrons. The number of nitrogens with zero attached hydrogens (tertiary/aromatic N) is 3. The van der Waals surface area contributed by atoms with Crippen LogP contribution in [0.2, 0.25) is 0 Å². The molecule has 2 aromatic carbocycles. The van der Waals surface area contributed by atoms with Crippen LogP contribution < -0.4 is 11.1 Å². The maximum absolute atomic E-state index is 12.3. The van der Waals surface area contributed by atoms with E-state index in [1.165, 1.54) is 5.56 Å². The molecule has 3 N–H and O–H groups in total. The van der Waals surface area contributed by atoms with Crippen molar-refractivity contribution in [2.75, 3.05) is 25.1 Å². The van der Waals surface area contributed by atoms with Gasteiger partial charge < -0.3 is 16.0 Å². The highest BCUT2D eigenvalue weighted by Crippen LogP contribution is 2.38. The summed E-state index contributed by atoms with van der Waals surface area (Å²) in [6.07, 6.45) is 3.95. The topological polar surface area (TPSA) is 84.1 Å². The number of amides is 1. The van der Waals surface area contributed by atoms with Crippen LogP contribution in [0.1, 0.15) is 67.1 Å². The number of nitrogen functional groups attached to an aromatic ring is 1. The zero-order chi connectivity index (χ0) is 23.7. The monoisotopic (exact) mass is 445 g/mol. The number of benzene rings is 2. The first-order valence-corrected chi connectivity index (χ1v) is 11.8. The Morgan fingerprint density at radius 1 is 1.06 bits per heavy atom. The van der Waals surface area contributed by atoms with Crippen LogP contribution in [0.25, 0.3) is 10.9 Å². The molecule has 1 aliphatic rings. The molecule has 3 aromatic rings. The minimum Gasteiger partial charge on any atom is -0.399 e. The fourth-order valence-corrected chi connectivity index (χ4v) is 5.05. The lowest BCUT2D eigenvalue weighted by atomic mass is 9.78. The van der Waals surface area contributed by atoms with Gasteiger partial charge in [0.25, 0.3) is 0 Å². The van der Waals surface area contributed by atoms with E-state index < -0.39 is 0 Å². The van der Waals surface area contributed by atoms with Gasteiger partial charge in [0.05, 0.1) is 11.6 Å². The number of nitrogens with one attached hydrogen (secondary N) is 1. The van der Waals surface area contributed by atoms with E-state index in [1.54, 1.807) is 4.90 Å². The molecule has 6 nitrogen and oxygen atoms in total. The Balaban J connectivity index is 1.59. The molecule has 1 aliphatic carbocycles. The summed E-state index contributed by atoms with van der Waals surface area (Å²) in [5.41, 5.74) is 11.4. The minimum atomic E-state index is 0.0563. The van der Waals surface area contributed by atoms with Crippen molar-refractivity contribution in [3.05, 3.63) is 58.9 Å². The zero-order valence-electron chi connectivity index (χ0n) is 20.4. The number of aryl methyl sites for hydroxylation is 2. The standard InChI is InChI=1S/C27H35N5O/c1-16-12-22(14-23(28)13-16)17(2)29-26-24-15-21(10-11-25(24)30-18(3)31-26)19-6-8-20(9-7-19)27(33)32(4)5/h10-15,17,19-20H,6-9,28H2,1-5H3,(H,29,30,31)/t17-,19?,20?/m1/s1. The molecule has 1 atom stereocenters. The van der Waals surface area contributed by atoms with Gasteiger partial charge in [-0.2, -0.15) is 0 Å². The Morgan fingerprint density at radius 2 is 1.79 bits per heavy atom. The summed E-state index contributed by atoms with van der Waals surface area (Å²) in [5, 5.41) is 4.64. The zero-order valence-corrected chi connectivity index (χ0v) is 20.4. The summed E-state index contributed by atoms with van der Waals surface area (Å²) < 4.78 is 0. The molecular formula is C27H35N5O. The van der Waals surface area contributed by atoms with Crippen molar-refractivity contribution in [3.8, 4) is 0 Å². The van der Waals surface area contributed by atoms with Gasteiger partial charge in [-0.25, -0.2) is 9.97 Å². The first-order chi connectivity index (χ1) is 15.7. The number of fused-ring (bicyclic) bond motifs is 1. The van der Waals surface area contributed by atoms with Crippen molar-refractivity contribution in [1.82, 2.24) is 14.9 Å². The summed E-state index contributed by atoms with van der Waals surface area (Å²) >= 11 is 0. The number of rotatable bonds is 5. The van der Waals surface area contributed by atoms with Gasteiger partial charge in [-0.3, -0.25) is 4.79 Å². The van der Waals surface area contributed by atoms with Gasteiger partial charge in [-0.15, -0.1) is 0 Å². The van der Waals surface area contributed by atoms with Crippen LogP contribution in [-0.4, -0.2) is 34.9 Å². The fourth-order valence-electron chi connectivity index (χ4n) is 5.05. The van der Waals surface area contributed by atoms with E-state index in [2.05, 4.69) is 48.4 Å². The van der Waals surface area contributed by atoms with Crippen LogP contribution in [0.5, 0.6) is 0 Å². The molecule has 1 heterocycles. The molecule has 0 bridgehead atoms. The molecule has 33 heavy (non-hydrogen) atoms. The van der Waals surface area contributed by atoms with E-state index in [0.717, 1.165) is 65.0 Å². The fraction of sp³-hybridized carbons (Fsp3) is 0.444. The number of hydrogen-bond acceptors (Lipinski definition) is 5. The van der Waals surface area contributed by atoms with Gasteiger partial charge in [0.2, 0.25) is 5.91 Å². The molecule has 6 heteroatoms. The second-order valence-electron chi connectivity index (χ2n) is 9.72. The second-order valence-corrected chi connectivity index (χ2v) is 9.72. The molecule has 1 saturated carbocycles. The molecule has 1 aromatic heterocycles. The smallest absolute Gasteiger partial charge is 0.225 e. The lowest BCUT2D eigenvalue weighted by Gasteiger charge is -2.29. The maximum atomic E-state index is 12.3. The Morgan fingerprint density at radius 3 is 2.45 bits per heavy atom. The van der Waals surface area contributed by atoms with Gasteiger partial charge in [0.15, 0.2) is 0 Å². The van der Waals surface area contributed by atoms with Crippen LogP contribution in [0.4, 0.5) is 11.5 Å². The van der Waals surface area contributed by atoms with E-state index in [4.69, 9.17) is 10.7 Å². The average molecular weight is 446 g/mol. The third-order valence-electron chi connectivity index (χ3n) is 6.80. The third-order valence-corrected chi connectivity index (χ3v) is 6.80. The molecule has 0 spiro atoms. The van der Waals surface area contributed by atoms with E-state index in [9.17, 15) is 4.79 Å². The number of aromatic nitrogens is 2. The first-order valence-electron chi connectivity index (χ1n) is 11.8. The normalized spacial score (nSPS) is 19.3. The second kappa shape index (κ2) is 9.38. The quantitative estimate of drug-likeness (QED) is 0.516. The largest absolute Gasteiger partial charge is 0.399 e. The van der Waals surface area contributed by atoms with Gasteiger partial charge >= 0.3 is 0 Å². The number of hydrogen-bond donors (Lipinski definition) is 2. The summed E-state index contributed by atoms with van der Waals surface area (Å²) in [5.74, 6) is 2.47. The van der Waals surface area contributed by atoms with Crippen LogP contribution in [-0.2, 0) is 4.79 Å². The van der Waals surface area contributed by atoms with Crippen molar-refractivity contribution in [3.63, 3.8) is 0 Å². The van der Waals surface area contributed by atoms with Crippen LogP contribution in [0.3, 0.4) is 0 Å². The third kappa shape index (κ3) is 5.10. The van der Waals surface area contributed by atoms with Crippen LogP contribution in [0, 0.1) is 19.8 Å². The Bertz CT molecular complexity index is 1140. The number of nitrogens with two attached hydrogens (primary N) is 1.